The van der Waals surface area contributed by atoms with Gasteiger partial charge in [-0.25, -0.2) is 9.59 Å². The van der Waals surface area contributed by atoms with Gasteiger partial charge in [0.25, 0.3) is 0 Å². The van der Waals surface area contributed by atoms with Crippen LogP contribution < -0.4 is 14.8 Å². The van der Waals surface area contributed by atoms with Crippen molar-refractivity contribution >= 4 is 12.0 Å². The molecule has 1 unspecified atom stereocenters. The number of fused-ring (bicyclic) bond motifs is 1. The molecule has 2 aliphatic heterocycles. The Morgan fingerprint density at radius 3 is 2.80 bits per heavy atom. The van der Waals surface area contributed by atoms with Gasteiger partial charge in [0.05, 0.1) is 18.2 Å². The summed E-state index contributed by atoms with van der Waals surface area (Å²) in [7, 11) is 1.66. The SMILES string of the molecule is CCCC1=C(C(=O)OCC)C(c2ccc3c(c2)OCO3)NC(=O)N1C. The summed E-state index contributed by atoms with van der Waals surface area (Å²) in [6.45, 7) is 4.21. The molecule has 2 aliphatic rings. The normalized spacial score (nSPS) is 19.1. The van der Waals surface area contributed by atoms with Crippen LogP contribution in [-0.2, 0) is 9.53 Å². The average Bonchev–Trinajstić information content (AvgIpc) is 3.06. The molecule has 0 aromatic heterocycles. The molecule has 0 radical (unpaired) electrons. The predicted molar refractivity (Wildman–Crippen MR) is 90.2 cm³/mol. The number of hydrogen-bond acceptors (Lipinski definition) is 5. The molecule has 25 heavy (non-hydrogen) atoms. The zero-order chi connectivity index (χ0) is 18.0. The van der Waals surface area contributed by atoms with Gasteiger partial charge in [-0.05, 0) is 31.0 Å². The molecule has 2 amide bonds. The Morgan fingerprint density at radius 1 is 1.32 bits per heavy atom. The number of urea groups is 1. The summed E-state index contributed by atoms with van der Waals surface area (Å²) in [6.07, 6.45) is 1.42. The highest BCUT2D eigenvalue weighted by Gasteiger charge is 2.36. The van der Waals surface area contributed by atoms with E-state index < -0.39 is 12.0 Å². The Bertz CT molecular complexity index is 728. The lowest BCUT2D eigenvalue weighted by molar-refractivity contribution is -0.139. The van der Waals surface area contributed by atoms with Gasteiger partial charge in [-0.2, -0.15) is 0 Å². The first-order valence-electron chi connectivity index (χ1n) is 8.40. The highest BCUT2D eigenvalue weighted by molar-refractivity contribution is 5.95. The van der Waals surface area contributed by atoms with E-state index in [0.717, 1.165) is 12.0 Å². The summed E-state index contributed by atoms with van der Waals surface area (Å²) >= 11 is 0. The van der Waals surface area contributed by atoms with Crippen molar-refractivity contribution in [2.45, 2.75) is 32.7 Å². The number of allylic oxidation sites excluding steroid dienone is 1. The molecular formula is C18H22N2O5. The van der Waals surface area contributed by atoms with Gasteiger partial charge in [0, 0.05) is 12.7 Å². The van der Waals surface area contributed by atoms with Crippen molar-refractivity contribution in [2.75, 3.05) is 20.4 Å². The minimum atomic E-state index is -0.584. The standard InChI is InChI=1S/C18H22N2O5/c1-4-6-12-15(17(21)23-5-2)16(19-18(22)20(12)3)11-7-8-13-14(9-11)25-10-24-13/h7-9,16H,4-6,10H2,1-3H3,(H,19,22). The molecule has 0 fully saturated rings. The number of hydrogen-bond donors (Lipinski definition) is 1. The van der Waals surface area contributed by atoms with Gasteiger partial charge in [-0.15, -0.1) is 0 Å². The van der Waals surface area contributed by atoms with Gasteiger partial charge in [0.1, 0.15) is 0 Å². The Labute approximate surface area is 146 Å². The molecule has 0 bridgehead atoms. The van der Waals surface area contributed by atoms with E-state index in [1.54, 1.807) is 26.1 Å². The smallest absolute Gasteiger partial charge is 0.338 e. The fourth-order valence-corrected chi connectivity index (χ4v) is 3.09. The van der Waals surface area contributed by atoms with Crippen LogP contribution in [0.15, 0.2) is 29.5 Å². The number of nitrogens with one attached hydrogen (secondary N) is 1. The first-order chi connectivity index (χ1) is 12.1. The number of rotatable bonds is 5. The van der Waals surface area contributed by atoms with Crippen LogP contribution in [0.2, 0.25) is 0 Å². The third kappa shape index (κ3) is 3.14. The number of amides is 2. The molecule has 0 spiro atoms. The van der Waals surface area contributed by atoms with Crippen LogP contribution in [0.25, 0.3) is 0 Å². The maximum absolute atomic E-state index is 12.6. The molecule has 3 rings (SSSR count). The average molecular weight is 346 g/mol. The van der Waals surface area contributed by atoms with Gasteiger partial charge in [0.2, 0.25) is 6.79 Å². The molecule has 0 aliphatic carbocycles. The Kier molecular flexibility index (Phi) is 4.83. The van der Waals surface area contributed by atoms with E-state index in [-0.39, 0.29) is 19.4 Å². The quantitative estimate of drug-likeness (QED) is 0.830. The fraction of sp³-hybridized carbons (Fsp3) is 0.444. The first kappa shape index (κ1) is 17.1. The van der Waals surface area contributed by atoms with Crippen molar-refractivity contribution < 1.29 is 23.8 Å². The zero-order valence-corrected chi connectivity index (χ0v) is 14.6. The van der Waals surface area contributed by atoms with Crippen molar-refractivity contribution in [1.29, 1.82) is 0 Å². The first-order valence-corrected chi connectivity index (χ1v) is 8.40. The highest BCUT2D eigenvalue weighted by atomic mass is 16.7. The molecule has 1 atom stereocenters. The Morgan fingerprint density at radius 2 is 2.08 bits per heavy atom. The molecule has 1 aromatic rings. The van der Waals surface area contributed by atoms with Crippen molar-refractivity contribution in [3.63, 3.8) is 0 Å². The summed E-state index contributed by atoms with van der Waals surface area (Å²) in [5.74, 6) is 0.838. The number of nitrogens with zero attached hydrogens (tertiary/aromatic N) is 1. The van der Waals surface area contributed by atoms with Crippen LogP contribution >= 0.6 is 0 Å². The number of carbonyl (C=O) groups excluding carboxylic acids is 2. The van der Waals surface area contributed by atoms with Crippen molar-refractivity contribution in [3.8, 4) is 11.5 Å². The van der Waals surface area contributed by atoms with Crippen LogP contribution in [0.4, 0.5) is 4.79 Å². The number of esters is 1. The minimum Gasteiger partial charge on any atom is -0.463 e. The van der Waals surface area contributed by atoms with Gasteiger partial charge in [0.15, 0.2) is 11.5 Å². The second-order valence-electron chi connectivity index (χ2n) is 5.89. The van der Waals surface area contributed by atoms with E-state index in [4.69, 9.17) is 14.2 Å². The second-order valence-corrected chi connectivity index (χ2v) is 5.89. The van der Waals surface area contributed by atoms with Gasteiger partial charge in [-0.3, -0.25) is 0 Å². The van der Waals surface area contributed by atoms with E-state index in [1.807, 2.05) is 13.0 Å². The minimum absolute atomic E-state index is 0.167. The summed E-state index contributed by atoms with van der Waals surface area (Å²) in [4.78, 5) is 26.5. The van der Waals surface area contributed by atoms with E-state index in [0.29, 0.717) is 29.2 Å². The van der Waals surface area contributed by atoms with Crippen LogP contribution in [0.1, 0.15) is 38.3 Å². The van der Waals surface area contributed by atoms with Crippen molar-refractivity contribution in [3.05, 3.63) is 35.0 Å². The predicted octanol–water partition coefficient (Wildman–Crippen LogP) is 2.73. The summed E-state index contributed by atoms with van der Waals surface area (Å²) in [5, 5.41) is 2.88. The van der Waals surface area contributed by atoms with Crippen molar-refractivity contribution in [2.24, 2.45) is 0 Å². The zero-order valence-electron chi connectivity index (χ0n) is 14.6. The second kappa shape index (κ2) is 7.04. The largest absolute Gasteiger partial charge is 0.463 e. The monoisotopic (exact) mass is 346 g/mol. The molecule has 1 N–H and O–H groups in total. The molecule has 2 heterocycles. The Hall–Kier alpha value is -2.70. The number of benzene rings is 1. The molecule has 7 heteroatoms. The maximum Gasteiger partial charge on any atom is 0.338 e. The van der Waals surface area contributed by atoms with Gasteiger partial charge in [-0.1, -0.05) is 19.4 Å². The maximum atomic E-state index is 12.6. The van der Waals surface area contributed by atoms with E-state index in [1.165, 1.54) is 4.90 Å². The lowest BCUT2D eigenvalue weighted by atomic mass is 9.93. The molecule has 0 saturated heterocycles. The lowest BCUT2D eigenvalue weighted by Gasteiger charge is -2.34. The van der Waals surface area contributed by atoms with Gasteiger partial charge >= 0.3 is 12.0 Å². The third-order valence-corrected chi connectivity index (χ3v) is 4.29. The molecular weight excluding hydrogens is 324 g/mol. The summed E-state index contributed by atoms with van der Waals surface area (Å²) in [5.41, 5.74) is 1.90. The number of ether oxygens (including phenoxy) is 3. The molecule has 1 aromatic carbocycles. The van der Waals surface area contributed by atoms with E-state index in [9.17, 15) is 9.59 Å². The van der Waals surface area contributed by atoms with Crippen LogP contribution in [-0.4, -0.2) is 37.3 Å². The Balaban J connectivity index is 2.08. The van der Waals surface area contributed by atoms with E-state index >= 15 is 0 Å². The topological polar surface area (TPSA) is 77.1 Å². The fourth-order valence-electron chi connectivity index (χ4n) is 3.09. The van der Waals surface area contributed by atoms with Crippen molar-refractivity contribution in [1.82, 2.24) is 10.2 Å². The molecule has 7 nitrogen and oxygen atoms in total. The van der Waals surface area contributed by atoms with Crippen LogP contribution in [0.5, 0.6) is 11.5 Å². The van der Waals surface area contributed by atoms with Crippen LogP contribution in [0, 0.1) is 0 Å². The molecule has 134 valence electrons. The number of carbonyl (C=O) groups is 2. The van der Waals surface area contributed by atoms with Gasteiger partial charge < -0.3 is 24.4 Å². The highest BCUT2D eigenvalue weighted by Crippen LogP contribution is 2.38. The molecule has 0 saturated carbocycles. The third-order valence-electron chi connectivity index (χ3n) is 4.29. The lowest BCUT2D eigenvalue weighted by Crippen LogP contribution is -2.46. The summed E-state index contributed by atoms with van der Waals surface area (Å²) in [6, 6.07) is 4.57. The summed E-state index contributed by atoms with van der Waals surface area (Å²) < 4.78 is 16.0. The van der Waals surface area contributed by atoms with E-state index in [2.05, 4.69) is 5.32 Å². The van der Waals surface area contributed by atoms with Crippen LogP contribution in [0.3, 0.4) is 0 Å².